The van der Waals surface area contributed by atoms with Gasteiger partial charge in [-0.05, 0) is 18.4 Å². The Hall–Kier alpha value is -1.67. The summed E-state index contributed by atoms with van der Waals surface area (Å²) < 4.78 is 15.8. The van der Waals surface area contributed by atoms with Crippen LogP contribution in [0.1, 0.15) is 18.4 Å². The first-order valence-electron chi connectivity index (χ1n) is 8.00. The number of hydrogen-bond donors (Lipinski definition) is 2. The topological polar surface area (TPSA) is 88.5 Å². The van der Waals surface area contributed by atoms with Gasteiger partial charge in [0.05, 0.1) is 31.4 Å². The van der Waals surface area contributed by atoms with Gasteiger partial charge in [-0.1, -0.05) is 30.3 Å². The number of aliphatic hydroxyl groups excluding tert-OH is 2. The van der Waals surface area contributed by atoms with Gasteiger partial charge in [-0.15, -0.1) is 0 Å². The number of piperidine rings is 1. The minimum absolute atomic E-state index is 0.138. The molecule has 2 N–H and O–H groups in total. The molecule has 3 atom stereocenters. The summed E-state index contributed by atoms with van der Waals surface area (Å²) >= 11 is 0. The number of rotatable bonds is 7. The molecule has 0 saturated carbocycles. The van der Waals surface area contributed by atoms with Crippen LogP contribution in [0, 0.1) is 0 Å². The fourth-order valence-electron chi connectivity index (χ4n) is 2.95. The molecule has 0 aromatic heterocycles. The molecular weight excluding hydrogens is 314 g/mol. The van der Waals surface area contributed by atoms with Crippen molar-refractivity contribution < 1.29 is 29.2 Å². The van der Waals surface area contributed by atoms with E-state index < -0.39 is 18.2 Å². The lowest BCUT2D eigenvalue weighted by Crippen LogP contribution is -2.56. The van der Waals surface area contributed by atoms with Crippen LogP contribution >= 0.6 is 0 Å². The van der Waals surface area contributed by atoms with Crippen LogP contribution in [-0.4, -0.2) is 66.5 Å². The molecule has 1 aromatic carbocycles. The van der Waals surface area contributed by atoms with Crippen LogP contribution in [0.5, 0.6) is 0 Å². The van der Waals surface area contributed by atoms with E-state index >= 15 is 0 Å². The number of likely N-dealkylation sites (tertiary alicyclic amines) is 1. The van der Waals surface area contributed by atoms with Crippen LogP contribution in [0.25, 0.3) is 0 Å². The van der Waals surface area contributed by atoms with Crippen molar-refractivity contribution in [3.63, 3.8) is 0 Å². The Kier molecular flexibility index (Phi) is 7.45. The van der Waals surface area contributed by atoms with E-state index in [4.69, 9.17) is 14.2 Å². The summed E-state index contributed by atoms with van der Waals surface area (Å²) in [7, 11) is 1.53. The molecule has 134 valence electrons. The first kappa shape index (κ1) is 18.7. The smallest absolute Gasteiger partial charge is 0.410 e. The lowest BCUT2D eigenvalue weighted by molar-refractivity contribution is -0.114. The molecule has 1 aromatic rings. The van der Waals surface area contributed by atoms with Crippen molar-refractivity contribution in [2.45, 2.75) is 37.6 Å². The Labute approximate surface area is 141 Å². The summed E-state index contributed by atoms with van der Waals surface area (Å²) in [6.45, 7) is -0.150. The van der Waals surface area contributed by atoms with E-state index in [0.29, 0.717) is 12.8 Å². The third-order valence-electron chi connectivity index (χ3n) is 4.12. The first-order valence-corrected chi connectivity index (χ1v) is 8.00. The highest BCUT2D eigenvalue weighted by Crippen LogP contribution is 2.26. The summed E-state index contributed by atoms with van der Waals surface area (Å²) in [6.07, 6.45) is 0.215. The van der Waals surface area contributed by atoms with Gasteiger partial charge in [0.25, 0.3) is 0 Å². The summed E-state index contributed by atoms with van der Waals surface area (Å²) in [5.74, 6) is 0. The lowest BCUT2D eigenvalue weighted by atomic mass is 9.94. The highest BCUT2D eigenvalue weighted by Gasteiger charge is 2.39. The normalized spacial score (nSPS) is 24.0. The van der Waals surface area contributed by atoms with Gasteiger partial charge in [-0.3, -0.25) is 4.90 Å². The number of nitrogens with zero attached hydrogens (tertiary/aromatic N) is 1. The predicted octanol–water partition coefficient (Wildman–Crippen LogP) is 1.13. The average molecular weight is 339 g/mol. The Morgan fingerprint density at radius 2 is 1.79 bits per heavy atom. The van der Waals surface area contributed by atoms with Gasteiger partial charge in [0, 0.05) is 7.11 Å². The Morgan fingerprint density at radius 1 is 1.17 bits per heavy atom. The zero-order chi connectivity index (χ0) is 17.4. The number of hydrogen-bond acceptors (Lipinski definition) is 6. The number of carbonyl (C=O) groups excluding carboxylic acids is 1. The molecule has 7 heteroatoms. The maximum atomic E-state index is 12.4. The summed E-state index contributed by atoms with van der Waals surface area (Å²) in [5.41, 5.74) is 0.880. The maximum absolute atomic E-state index is 12.4. The van der Waals surface area contributed by atoms with Crippen molar-refractivity contribution in [1.82, 2.24) is 4.90 Å². The Balaban J connectivity index is 1.98. The van der Waals surface area contributed by atoms with Gasteiger partial charge in [-0.2, -0.15) is 0 Å². The number of methoxy groups -OCH3 is 1. The number of aliphatic hydroxyl groups is 2. The zero-order valence-electron chi connectivity index (χ0n) is 13.8. The van der Waals surface area contributed by atoms with Crippen molar-refractivity contribution in [3.8, 4) is 0 Å². The molecule has 0 radical (unpaired) electrons. The third-order valence-corrected chi connectivity index (χ3v) is 4.12. The number of amides is 1. The second-order valence-electron chi connectivity index (χ2n) is 5.79. The Morgan fingerprint density at radius 3 is 2.33 bits per heavy atom. The summed E-state index contributed by atoms with van der Waals surface area (Å²) in [6, 6.07) is 8.45. The van der Waals surface area contributed by atoms with Gasteiger partial charge in [0.15, 0.2) is 0 Å². The van der Waals surface area contributed by atoms with E-state index in [1.807, 2.05) is 30.3 Å². The van der Waals surface area contributed by atoms with Gasteiger partial charge in [0.2, 0.25) is 0 Å². The molecule has 7 nitrogen and oxygen atoms in total. The van der Waals surface area contributed by atoms with E-state index in [0.717, 1.165) is 5.56 Å². The van der Waals surface area contributed by atoms with Crippen molar-refractivity contribution in [1.29, 1.82) is 0 Å². The highest BCUT2D eigenvalue weighted by atomic mass is 16.7. The van der Waals surface area contributed by atoms with E-state index in [1.54, 1.807) is 0 Å². The van der Waals surface area contributed by atoms with Crippen LogP contribution in [0.4, 0.5) is 4.79 Å². The SMILES string of the molecule is COCOC1C[C@@H](CO)N(C(=O)OCc2ccccc2)[C@@H](CO)C1. The number of ether oxygens (including phenoxy) is 3. The van der Waals surface area contributed by atoms with Gasteiger partial charge >= 0.3 is 6.09 Å². The monoisotopic (exact) mass is 339 g/mol. The van der Waals surface area contributed by atoms with Crippen molar-refractivity contribution in [2.24, 2.45) is 0 Å². The summed E-state index contributed by atoms with van der Waals surface area (Å²) in [4.78, 5) is 13.9. The molecule has 0 spiro atoms. The second kappa shape index (κ2) is 9.58. The fraction of sp³-hybridized carbons (Fsp3) is 0.588. The van der Waals surface area contributed by atoms with E-state index in [1.165, 1.54) is 12.0 Å². The lowest BCUT2D eigenvalue weighted by Gasteiger charge is -2.42. The van der Waals surface area contributed by atoms with Crippen LogP contribution in [-0.2, 0) is 20.8 Å². The van der Waals surface area contributed by atoms with Crippen molar-refractivity contribution in [2.75, 3.05) is 27.1 Å². The van der Waals surface area contributed by atoms with Crippen molar-refractivity contribution in [3.05, 3.63) is 35.9 Å². The molecule has 1 saturated heterocycles. The van der Waals surface area contributed by atoms with E-state index in [-0.39, 0.29) is 32.7 Å². The number of benzene rings is 1. The first-order chi connectivity index (χ1) is 11.7. The quantitative estimate of drug-likeness (QED) is 0.724. The van der Waals surface area contributed by atoms with Crippen LogP contribution in [0.2, 0.25) is 0 Å². The van der Waals surface area contributed by atoms with Crippen molar-refractivity contribution >= 4 is 6.09 Å². The molecule has 24 heavy (non-hydrogen) atoms. The largest absolute Gasteiger partial charge is 0.445 e. The zero-order valence-corrected chi connectivity index (χ0v) is 13.8. The molecule has 2 rings (SSSR count). The Bertz CT molecular complexity index is 483. The second-order valence-corrected chi connectivity index (χ2v) is 5.79. The number of carbonyl (C=O) groups is 1. The minimum Gasteiger partial charge on any atom is -0.445 e. The van der Waals surface area contributed by atoms with Crippen LogP contribution in [0.15, 0.2) is 30.3 Å². The van der Waals surface area contributed by atoms with Gasteiger partial charge in [-0.25, -0.2) is 4.79 Å². The molecule has 1 fully saturated rings. The minimum atomic E-state index is -0.540. The van der Waals surface area contributed by atoms with Gasteiger partial charge in [0.1, 0.15) is 13.4 Å². The molecule has 1 heterocycles. The standard InChI is InChI=1S/C17H25NO6/c1-22-12-24-16-7-14(9-19)18(15(8-16)10-20)17(21)23-11-13-5-3-2-4-6-13/h2-6,14-16,19-20H,7-12H2,1H3/t14-,15+,16?. The fourth-order valence-corrected chi connectivity index (χ4v) is 2.95. The third kappa shape index (κ3) is 4.91. The van der Waals surface area contributed by atoms with E-state index in [2.05, 4.69) is 0 Å². The molecule has 1 aliphatic rings. The summed E-state index contributed by atoms with van der Waals surface area (Å²) in [5, 5.41) is 19.3. The molecule has 1 unspecified atom stereocenters. The van der Waals surface area contributed by atoms with Crippen LogP contribution < -0.4 is 0 Å². The predicted molar refractivity (Wildman–Crippen MR) is 86.2 cm³/mol. The van der Waals surface area contributed by atoms with E-state index in [9.17, 15) is 15.0 Å². The molecular formula is C17H25NO6. The van der Waals surface area contributed by atoms with Gasteiger partial charge < -0.3 is 24.4 Å². The van der Waals surface area contributed by atoms with Crippen LogP contribution in [0.3, 0.4) is 0 Å². The maximum Gasteiger partial charge on any atom is 0.410 e. The molecule has 1 amide bonds. The molecule has 0 bridgehead atoms. The molecule has 0 aliphatic carbocycles. The highest BCUT2D eigenvalue weighted by molar-refractivity contribution is 5.68. The average Bonchev–Trinajstić information content (AvgIpc) is 2.64. The molecule has 1 aliphatic heterocycles.